The van der Waals surface area contributed by atoms with E-state index in [0.717, 1.165) is 25.0 Å². The zero-order valence-corrected chi connectivity index (χ0v) is 10.3. The average Bonchev–Trinajstić information content (AvgIpc) is 2.17. The summed E-state index contributed by atoms with van der Waals surface area (Å²) < 4.78 is 0. The van der Waals surface area contributed by atoms with Gasteiger partial charge in [0, 0.05) is 11.9 Å². The summed E-state index contributed by atoms with van der Waals surface area (Å²) in [6, 6.07) is 0.726. The summed E-state index contributed by atoms with van der Waals surface area (Å²) in [6.45, 7) is 11.3. The SMILES string of the molecule is CCC(CC(C)CCl)N(CC)CC. The topological polar surface area (TPSA) is 3.24 Å². The Morgan fingerprint density at radius 1 is 1.15 bits per heavy atom. The number of halogens is 1. The highest BCUT2D eigenvalue weighted by Gasteiger charge is 2.15. The van der Waals surface area contributed by atoms with E-state index in [-0.39, 0.29) is 0 Å². The summed E-state index contributed by atoms with van der Waals surface area (Å²) in [6.07, 6.45) is 2.48. The normalized spacial score (nSPS) is 16.2. The third-order valence-corrected chi connectivity index (χ3v) is 3.26. The largest absolute Gasteiger partial charge is 0.301 e. The molecule has 0 aromatic rings. The van der Waals surface area contributed by atoms with Crippen molar-refractivity contribution in [2.24, 2.45) is 5.92 Å². The van der Waals surface area contributed by atoms with Gasteiger partial charge in [-0.05, 0) is 31.8 Å². The molecular formula is C11H24ClN. The highest BCUT2D eigenvalue weighted by Crippen LogP contribution is 2.15. The van der Waals surface area contributed by atoms with Gasteiger partial charge in [-0.25, -0.2) is 0 Å². The molecule has 1 nitrogen and oxygen atoms in total. The van der Waals surface area contributed by atoms with E-state index in [9.17, 15) is 0 Å². The lowest BCUT2D eigenvalue weighted by Gasteiger charge is -2.30. The number of rotatable bonds is 7. The molecule has 2 atom stereocenters. The Balaban J connectivity index is 3.98. The first-order valence-electron chi connectivity index (χ1n) is 5.49. The quantitative estimate of drug-likeness (QED) is 0.577. The second-order valence-corrected chi connectivity index (χ2v) is 4.09. The first kappa shape index (κ1) is 13.2. The molecule has 2 heteroatoms. The first-order valence-corrected chi connectivity index (χ1v) is 6.02. The van der Waals surface area contributed by atoms with Crippen LogP contribution in [0.1, 0.15) is 40.5 Å². The van der Waals surface area contributed by atoms with E-state index in [1.165, 1.54) is 12.8 Å². The summed E-state index contributed by atoms with van der Waals surface area (Å²) >= 11 is 5.83. The molecule has 0 bridgehead atoms. The predicted molar refractivity (Wildman–Crippen MR) is 61.5 cm³/mol. The second-order valence-electron chi connectivity index (χ2n) is 3.78. The Labute approximate surface area is 88.5 Å². The number of hydrogen-bond acceptors (Lipinski definition) is 1. The van der Waals surface area contributed by atoms with Gasteiger partial charge in [0.05, 0.1) is 0 Å². The van der Waals surface area contributed by atoms with Crippen molar-refractivity contribution in [3.05, 3.63) is 0 Å². The van der Waals surface area contributed by atoms with Crippen LogP contribution in [0.2, 0.25) is 0 Å². The predicted octanol–water partition coefficient (Wildman–Crippen LogP) is 3.37. The van der Waals surface area contributed by atoms with Crippen LogP contribution in [0.5, 0.6) is 0 Å². The summed E-state index contributed by atoms with van der Waals surface area (Å²) in [5, 5.41) is 0. The van der Waals surface area contributed by atoms with Crippen LogP contribution in [0.3, 0.4) is 0 Å². The third-order valence-electron chi connectivity index (χ3n) is 2.74. The van der Waals surface area contributed by atoms with E-state index < -0.39 is 0 Å². The molecule has 0 radical (unpaired) electrons. The lowest BCUT2D eigenvalue weighted by Crippen LogP contribution is -2.35. The number of alkyl halides is 1. The molecule has 0 aromatic heterocycles. The van der Waals surface area contributed by atoms with E-state index in [1.807, 2.05) is 0 Å². The van der Waals surface area contributed by atoms with Crippen LogP contribution in [-0.4, -0.2) is 29.9 Å². The molecular weight excluding hydrogens is 182 g/mol. The van der Waals surface area contributed by atoms with E-state index in [1.54, 1.807) is 0 Å². The Morgan fingerprint density at radius 3 is 2.00 bits per heavy atom. The van der Waals surface area contributed by atoms with E-state index in [2.05, 4.69) is 32.6 Å². The van der Waals surface area contributed by atoms with Gasteiger partial charge < -0.3 is 4.90 Å². The Hall–Kier alpha value is 0.250. The maximum Gasteiger partial charge on any atom is 0.0249 e. The van der Waals surface area contributed by atoms with Gasteiger partial charge in [-0.3, -0.25) is 0 Å². The van der Waals surface area contributed by atoms with Crippen molar-refractivity contribution in [2.75, 3.05) is 19.0 Å². The molecule has 0 amide bonds. The van der Waals surface area contributed by atoms with Crippen molar-refractivity contribution in [1.29, 1.82) is 0 Å². The van der Waals surface area contributed by atoms with Crippen LogP contribution >= 0.6 is 11.6 Å². The zero-order chi connectivity index (χ0) is 10.3. The van der Waals surface area contributed by atoms with Gasteiger partial charge in [-0.1, -0.05) is 27.7 Å². The molecule has 0 aliphatic heterocycles. The molecule has 80 valence electrons. The summed E-state index contributed by atoms with van der Waals surface area (Å²) in [5.41, 5.74) is 0. The van der Waals surface area contributed by atoms with Crippen LogP contribution in [0.25, 0.3) is 0 Å². The molecule has 0 spiro atoms. The third kappa shape index (κ3) is 4.87. The monoisotopic (exact) mass is 205 g/mol. The van der Waals surface area contributed by atoms with Crippen molar-refractivity contribution in [2.45, 2.75) is 46.6 Å². The van der Waals surface area contributed by atoms with Gasteiger partial charge in [0.1, 0.15) is 0 Å². The fourth-order valence-electron chi connectivity index (χ4n) is 1.84. The molecule has 0 heterocycles. The van der Waals surface area contributed by atoms with Crippen LogP contribution in [-0.2, 0) is 0 Å². The standard InChI is InChI=1S/C11H24ClN/c1-5-11(8-10(4)9-12)13(6-2)7-3/h10-11H,5-9H2,1-4H3. The summed E-state index contributed by atoms with van der Waals surface area (Å²) in [5.74, 6) is 1.44. The molecule has 0 saturated carbocycles. The molecule has 0 aliphatic carbocycles. The van der Waals surface area contributed by atoms with Crippen LogP contribution in [0, 0.1) is 5.92 Å². The van der Waals surface area contributed by atoms with Gasteiger partial charge in [0.2, 0.25) is 0 Å². The average molecular weight is 206 g/mol. The minimum atomic E-state index is 0.646. The van der Waals surface area contributed by atoms with Gasteiger partial charge in [-0.15, -0.1) is 11.6 Å². The Kier molecular flexibility index (Phi) is 7.78. The lowest BCUT2D eigenvalue weighted by atomic mass is 10.0. The van der Waals surface area contributed by atoms with Crippen LogP contribution in [0.15, 0.2) is 0 Å². The van der Waals surface area contributed by atoms with Gasteiger partial charge in [-0.2, -0.15) is 0 Å². The highest BCUT2D eigenvalue weighted by molar-refractivity contribution is 6.18. The summed E-state index contributed by atoms with van der Waals surface area (Å²) in [4.78, 5) is 2.53. The Morgan fingerprint density at radius 2 is 1.69 bits per heavy atom. The van der Waals surface area contributed by atoms with Gasteiger partial charge in [0.15, 0.2) is 0 Å². The van der Waals surface area contributed by atoms with Crippen molar-refractivity contribution in [1.82, 2.24) is 4.90 Å². The molecule has 0 aliphatic rings. The van der Waals surface area contributed by atoms with Gasteiger partial charge >= 0.3 is 0 Å². The molecule has 0 saturated heterocycles. The Bertz CT molecular complexity index is 113. The van der Waals surface area contributed by atoms with E-state index in [0.29, 0.717) is 5.92 Å². The molecule has 0 N–H and O–H groups in total. The first-order chi connectivity index (χ1) is 6.19. The van der Waals surface area contributed by atoms with E-state index in [4.69, 9.17) is 11.6 Å². The smallest absolute Gasteiger partial charge is 0.0249 e. The fraction of sp³-hybridized carbons (Fsp3) is 1.00. The molecule has 0 rings (SSSR count). The van der Waals surface area contributed by atoms with Crippen LogP contribution in [0.4, 0.5) is 0 Å². The molecule has 2 unspecified atom stereocenters. The number of hydrogen-bond donors (Lipinski definition) is 0. The zero-order valence-electron chi connectivity index (χ0n) is 9.52. The maximum absolute atomic E-state index is 5.83. The second kappa shape index (κ2) is 7.64. The highest BCUT2D eigenvalue weighted by atomic mass is 35.5. The summed E-state index contributed by atoms with van der Waals surface area (Å²) in [7, 11) is 0. The molecule has 0 fully saturated rings. The molecule has 0 aromatic carbocycles. The fourth-order valence-corrected chi connectivity index (χ4v) is 1.97. The molecule has 13 heavy (non-hydrogen) atoms. The van der Waals surface area contributed by atoms with E-state index >= 15 is 0 Å². The lowest BCUT2D eigenvalue weighted by molar-refractivity contribution is 0.186. The van der Waals surface area contributed by atoms with Crippen LogP contribution < -0.4 is 0 Å². The van der Waals surface area contributed by atoms with Crippen molar-refractivity contribution in [3.63, 3.8) is 0 Å². The maximum atomic E-state index is 5.83. The van der Waals surface area contributed by atoms with Crippen molar-refractivity contribution < 1.29 is 0 Å². The minimum Gasteiger partial charge on any atom is -0.301 e. The van der Waals surface area contributed by atoms with Crippen molar-refractivity contribution >= 4 is 11.6 Å². The number of nitrogens with zero attached hydrogens (tertiary/aromatic N) is 1. The van der Waals surface area contributed by atoms with Crippen molar-refractivity contribution in [3.8, 4) is 0 Å². The minimum absolute atomic E-state index is 0.646. The van der Waals surface area contributed by atoms with Gasteiger partial charge in [0.25, 0.3) is 0 Å².